The zero-order chi connectivity index (χ0) is 13.4. The van der Waals surface area contributed by atoms with Crippen LogP contribution in [0.5, 0.6) is 0 Å². The van der Waals surface area contributed by atoms with Gasteiger partial charge < -0.3 is 10.2 Å². The van der Waals surface area contributed by atoms with Gasteiger partial charge >= 0.3 is 0 Å². The second kappa shape index (κ2) is 4.61. The third kappa shape index (κ3) is 1.97. The summed E-state index contributed by atoms with van der Waals surface area (Å²) in [7, 11) is 1.48. The lowest BCUT2D eigenvalue weighted by Gasteiger charge is -2.10. The zero-order valence-electron chi connectivity index (χ0n) is 10.4. The van der Waals surface area contributed by atoms with Crippen LogP contribution < -0.4 is 15.8 Å². The van der Waals surface area contributed by atoms with Crippen molar-refractivity contribution in [3.05, 3.63) is 22.1 Å². The third-order valence-corrected chi connectivity index (χ3v) is 4.11. The summed E-state index contributed by atoms with van der Waals surface area (Å²) in [5.41, 5.74) is -0.413. The van der Waals surface area contributed by atoms with Crippen molar-refractivity contribution in [2.75, 3.05) is 25.0 Å². The number of nitrogens with one attached hydrogen (secondary N) is 1. The second-order valence-corrected chi connectivity index (χ2v) is 5.26. The molecule has 3 heterocycles. The molecule has 0 aromatic carbocycles. The molecular formula is C11H13N5O2S. The van der Waals surface area contributed by atoms with Crippen LogP contribution >= 0.6 is 11.3 Å². The molecule has 3 rings (SSSR count). The monoisotopic (exact) mass is 279 g/mol. The maximum absolute atomic E-state index is 12.1. The summed E-state index contributed by atoms with van der Waals surface area (Å²) < 4.78 is 1.21. The van der Waals surface area contributed by atoms with Gasteiger partial charge in [-0.15, -0.1) is 5.10 Å². The van der Waals surface area contributed by atoms with Gasteiger partial charge in [-0.1, -0.05) is 11.3 Å². The minimum atomic E-state index is -0.442. The van der Waals surface area contributed by atoms with E-state index < -0.39 is 11.5 Å². The number of hydrogen-bond acceptors (Lipinski definition) is 6. The van der Waals surface area contributed by atoms with Crippen LogP contribution in [-0.2, 0) is 0 Å². The van der Waals surface area contributed by atoms with Gasteiger partial charge in [0.1, 0.15) is 5.56 Å². The molecule has 0 spiro atoms. The Bertz CT molecular complexity index is 686. The van der Waals surface area contributed by atoms with Gasteiger partial charge in [-0.2, -0.15) is 4.52 Å². The van der Waals surface area contributed by atoms with E-state index in [1.54, 1.807) is 0 Å². The first-order valence-corrected chi connectivity index (χ1v) is 6.88. The Balaban J connectivity index is 2.10. The van der Waals surface area contributed by atoms with Gasteiger partial charge in [0.05, 0.1) is 0 Å². The minimum Gasteiger partial charge on any atom is -0.355 e. The lowest BCUT2D eigenvalue weighted by atomic mass is 10.3. The quantitative estimate of drug-likeness (QED) is 0.844. The molecule has 0 aliphatic carbocycles. The number of fused-ring (bicyclic) bond motifs is 1. The molecule has 19 heavy (non-hydrogen) atoms. The summed E-state index contributed by atoms with van der Waals surface area (Å²) in [6, 6.07) is 0. The Hall–Kier alpha value is -1.96. The van der Waals surface area contributed by atoms with Gasteiger partial charge in [0.2, 0.25) is 10.1 Å². The molecule has 1 aliphatic rings. The number of rotatable bonds is 2. The van der Waals surface area contributed by atoms with Crippen LogP contribution in [0.2, 0.25) is 0 Å². The Morgan fingerprint density at radius 1 is 1.42 bits per heavy atom. The van der Waals surface area contributed by atoms with Crippen molar-refractivity contribution in [1.82, 2.24) is 19.9 Å². The van der Waals surface area contributed by atoms with Crippen LogP contribution in [-0.4, -0.2) is 40.6 Å². The summed E-state index contributed by atoms with van der Waals surface area (Å²) >= 11 is 1.37. The van der Waals surface area contributed by atoms with Crippen molar-refractivity contribution < 1.29 is 4.79 Å². The van der Waals surface area contributed by atoms with E-state index >= 15 is 0 Å². The molecule has 8 heteroatoms. The lowest BCUT2D eigenvalue weighted by Crippen LogP contribution is -2.29. The largest absolute Gasteiger partial charge is 0.355 e. The van der Waals surface area contributed by atoms with Crippen LogP contribution in [0.3, 0.4) is 0 Å². The number of amides is 1. The SMILES string of the molecule is CNC(=O)c1cnc2sc(N3CCCC3)nn2c1=O. The molecule has 0 radical (unpaired) electrons. The van der Waals surface area contributed by atoms with Gasteiger partial charge in [0.15, 0.2) is 0 Å². The summed E-state index contributed by atoms with van der Waals surface area (Å²) in [6.45, 7) is 1.91. The fraction of sp³-hybridized carbons (Fsp3) is 0.455. The minimum absolute atomic E-state index is 0.0123. The van der Waals surface area contributed by atoms with E-state index in [-0.39, 0.29) is 5.56 Å². The maximum Gasteiger partial charge on any atom is 0.288 e. The average Bonchev–Trinajstić information content (AvgIpc) is 3.07. The van der Waals surface area contributed by atoms with Crippen LogP contribution in [0, 0.1) is 0 Å². The first-order chi connectivity index (χ1) is 9.20. The number of carbonyl (C=O) groups excluding carboxylic acids is 1. The highest BCUT2D eigenvalue weighted by Gasteiger charge is 2.19. The molecule has 1 N–H and O–H groups in total. The van der Waals surface area contributed by atoms with Crippen LogP contribution in [0.25, 0.3) is 4.96 Å². The summed E-state index contributed by atoms with van der Waals surface area (Å²) in [4.78, 5) is 30.5. The van der Waals surface area contributed by atoms with E-state index in [9.17, 15) is 9.59 Å². The zero-order valence-corrected chi connectivity index (χ0v) is 11.2. The molecule has 2 aromatic rings. The second-order valence-electron chi connectivity index (χ2n) is 4.33. The molecule has 100 valence electrons. The van der Waals surface area contributed by atoms with Crippen LogP contribution in [0.15, 0.2) is 11.0 Å². The molecular weight excluding hydrogens is 266 g/mol. The highest BCUT2D eigenvalue weighted by atomic mass is 32.1. The highest BCUT2D eigenvalue weighted by Crippen LogP contribution is 2.24. The third-order valence-electron chi connectivity index (χ3n) is 3.12. The molecule has 2 aromatic heterocycles. The summed E-state index contributed by atoms with van der Waals surface area (Å²) in [5, 5.41) is 7.49. The van der Waals surface area contributed by atoms with E-state index in [1.807, 2.05) is 0 Å². The van der Waals surface area contributed by atoms with Crippen LogP contribution in [0.4, 0.5) is 5.13 Å². The predicted octanol–water partition coefficient (Wildman–Crippen LogP) is 0.111. The Labute approximate surface area is 112 Å². The highest BCUT2D eigenvalue weighted by molar-refractivity contribution is 7.20. The molecule has 0 saturated carbocycles. The fourth-order valence-corrected chi connectivity index (χ4v) is 3.02. The van der Waals surface area contributed by atoms with E-state index in [4.69, 9.17) is 0 Å². The van der Waals surface area contributed by atoms with E-state index in [1.165, 1.54) is 29.1 Å². The van der Waals surface area contributed by atoms with Crippen molar-refractivity contribution in [2.24, 2.45) is 0 Å². The van der Waals surface area contributed by atoms with Gasteiger partial charge in [-0.25, -0.2) is 4.98 Å². The number of aromatic nitrogens is 3. The van der Waals surface area contributed by atoms with Gasteiger partial charge in [-0.3, -0.25) is 9.59 Å². The standard InChI is InChI=1S/C11H13N5O2S/c1-12-8(17)7-6-13-10-16(9(7)18)14-11(19-10)15-4-2-3-5-15/h6H,2-5H2,1H3,(H,12,17). The van der Waals surface area contributed by atoms with Crippen LogP contribution in [0.1, 0.15) is 23.2 Å². The Morgan fingerprint density at radius 2 is 2.16 bits per heavy atom. The van der Waals surface area contributed by atoms with Crippen molar-refractivity contribution in [2.45, 2.75) is 12.8 Å². The molecule has 1 fully saturated rings. The number of anilines is 1. The molecule has 0 unspecified atom stereocenters. The molecule has 7 nitrogen and oxygen atoms in total. The van der Waals surface area contributed by atoms with Gasteiger partial charge in [-0.05, 0) is 12.8 Å². The first-order valence-electron chi connectivity index (χ1n) is 6.06. The maximum atomic E-state index is 12.1. The van der Waals surface area contributed by atoms with Crippen molar-refractivity contribution in [3.8, 4) is 0 Å². The normalized spacial score (nSPS) is 15.1. The first kappa shape index (κ1) is 12.1. The molecule has 1 amide bonds. The number of nitrogens with zero attached hydrogens (tertiary/aromatic N) is 4. The van der Waals surface area contributed by atoms with Crippen molar-refractivity contribution in [1.29, 1.82) is 0 Å². The molecule has 0 atom stereocenters. The van der Waals surface area contributed by atoms with E-state index in [0.29, 0.717) is 4.96 Å². The summed E-state index contributed by atoms with van der Waals surface area (Å²) in [5.74, 6) is -0.442. The van der Waals surface area contributed by atoms with E-state index in [0.717, 1.165) is 31.1 Å². The van der Waals surface area contributed by atoms with Crippen molar-refractivity contribution in [3.63, 3.8) is 0 Å². The Morgan fingerprint density at radius 3 is 2.84 bits per heavy atom. The smallest absolute Gasteiger partial charge is 0.288 e. The average molecular weight is 279 g/mol. The molecule has 1 aliphatic heterocycles. The molecule has 0 bridgehead atoms. The van der Waals surface area contributed by atoms with Gasteiger partial charge in [0, 0.05) is 26.3 Å². The predicted molar refractivity (Wildman–Crippen MR) is 72.0 cm³/mol. The Kier molecular flexibility index (Phi) is 2.94. The number of hydrogen-bond donors (Lipinski definition) is 1. The molecule has 1 saturated heterocycles. The van der Waals surface area contributed by atoms with Gasteiger partial charge in [0.25, 0.3) is 11.5 Å². The number of carbonyl (C=O) groups is 1. The summed E-state index contributed by atoms with van der Waals surface area (Å²) in [6.07, 6.45) is 3.59. The van der Waals surface area contributed by atoms with E-state index in [2.05, 4.69) is 20.3 Å². The topological polar surface area (TPSA) is 79.6 Å². The van der Waals surface area contributed by atoms with Crippen molar-refractivity contribution >= 4 is 27.3 Å². The fourth-order valence-electron chi connectivity index (χ4n) is 2.10. The lowest BCUT2D eigenvalue weighted by molar-refractivity contribution is 0.0961.